The molecular formula is C27H30N2O5S. The van der Waals surface area contributed by atoms with Gasteiger partial charge in [-0.05, 0) is 80.3 Å². The van der Waals surface area contributed by atoms with Gasteiger partial charge in [0.05, 0.1) is 17.1 Å². The van der Waals surface area contributed by atoms with Crippen LogP contribution in [0.5, 0.6) is 5.75 Å². The van der Waals surface area contributed by atoms with Crippen molar-refractivity contribution in [2.24, 2.45) is 0 Å². The number of hydrogen-bond acceptors (Lipinski definition) is 5. The van der Waals surface area contributed by atoms with Gasteiger partial charge >= 0.3 is 6.09 Å². The van der Waals surface area contributed by atoms with E-state index < -0.39 is 15.6 Å². The average molecular weight is 495 g/mol. The Bertz CT molecular complexity index is 1300. The van der Waals surface area contributed by atoms with Gasteiger partial charge in [0.25, 0.3) is 10.0 Å². The van der Waals surface area contributed by atoms with E-state index in [4.69, 9.17) is 4.74 Å². The molecule has 3 aromatic rings. The number of fused-ring (bicyclic) bond motifs is 1. The highest BCUT2D eigenvalue weighted by Gasteiger charge is 2.29. The first-order chi connectivity index (χ1) is 16.5. The fraction of sp³-hybridized carbons (Fsp3) is 0.296. The number of benzene rings is 3. The molecule has 1 heterocycles. The standard InChI is InChI=1S/C27H30N2O5S/c1-27(2,3)34-26(31)28-16-15-21-9-10-23(17-22(21)19-28)29(18-20-7-5-4-6-8-20)35(32,33)25-13-11-24(30)12-14-25/h4-14,17,30H,15-16,18-19H2,1-3H3. The number of phenols is 1. The maximum Gasteiger partial charge on any atom is 0.410 e. The van der Waals surface area contributed by atoms with E-state index >= 15 is 0 Å². The van der Waals surface area contributed by atoms with Gasteiger partial charge in [0, 0.05) is 13.1 Å². The molecule has 0 spiro atoms. The molecule has 35 heavy (non-hydrogen) atoms. The lowest BCUT2D eigenvalue weighted by Crippen LogP contribution is -2.40. The molecule has 1 aliphatic rings. The second kappa shape index (κ2) is 9.62. The van der Waals surface area contributed by atoms with Crippen LogP contribution >= 0.6 is 0 Å². The van der Waals surface area contributed by atoms with Crippen LogP contribution in [0.2, 0.25) is 0 Å². The largest absolute Gasteiger partial charge is 0.508 e. The molecule has 0 radical (unpaired) electrons. The first-order valence-corrected chi connectivity index (χ1v) is 12.9. The van der Waals surface area contributed by atoms with Crippen LogP contribution in [0.25, 0.3) is 0 Å². The highest BCUT2D eigenvalue weighted by molar-refractivity contribution is 7.92. The summed E-state index contributed by atoms with van der Waals surface area (Å²) in [5.41, 5.74) is 2.72. The maximum atomic E-state index is 13.7. The van der Waals surface area contributed by atoms with Crippen molar-refractivity contribution >= 4 is 21.8 Å². The first kappa shape index (κ1) is 24.6. The third-order valence-corrected chi connectivity index (χ3v) is 7.52. The van der Waals surface area contributed by atoms with Crippen molar-refractivity contribution in [1.29, 1.82) is 0 Å². The van der Waals surface area contributed by atoms with Crippen molar-refractivity contribution < 1.29 is 23.1 Å². The Labute approximate surface area is 206 Å². The van der Waals surface area contributed by atoms with Crippen molar-refractivity contribution in [3.63, 3.8) is 0 Å². The average Bonchev–Trinajstić information content (AvgIpc) is 2.81. The van der Waals surface area contributed by atoms with Crippen molar-refractivity contribution in [1.82, 2.24) is 4.90 Å². The van der Waals surface area contributed by atoms with Crippen LogP contribution in [-0.2, 0) is 34.3 Å². The SMILES string of the molecule is CC(C)(C)OC(=O)N1CCc2ccc(N(Cc3ccccc3)S(=O)(=O)c3ccc(O)cc3)cc2C1. The number of amides is 1. The van der Waals surface area contributed by atoms with Gasteiger partial charge in [0.2, 0.25) is 0 Å². The van der Waals surface area contributed by atoms with E-state index in [0.29, 0.717) is 25.2 Å². The first-order valence-electron chi connectivity index (χ1n) is 11.5. The Kier molecular flexibility index (Phi) is 6.76. The van der Waals surface area contributed by atoms with Gasteiger partial charge < -0.3 is 14.7 Å². The molecule has 0 bridgehead atoms. The summed E-state index contributed by atoms with van der Waals surface area (Å²) in [5.74, 6) is -0.00502. The highest BCUT2D eigenvalue weighted by atomic mass is 32.2. The Morgan fingerprint density at radius 1 is 1.00 bits per heavy atom. The van der Waals surface area contributed by atoms with Crippen molar-refractivity contribution in [2.45, 2.75) is 50.8 Å². The van der Waals surface area contributed by atoms with Crippen molar-refractivity contribution in [2.75, 3.05) is 10.8 Å². The maximum absolute atomic E-state index is 13.7. The molecule has 0 unspecified atom stereocenters. The van der Waals surface area contributed by atoms with Crippen LogP contribution in [0.4, 0.5) is 10.5 Å². The van der Waals surface area contributed by atoms with Crippen LogP contribution in [-0.4, -0.2) is 36.7 Å². The molecule has 1 amide bonds. The summed E-state index contributed by atoms with van der Waals surface area (Å²) in [6.45, 7) is 6.51. The van der Waals surface area contributed by atoms with Crippen molar-refractivity contribution in [3.8, 4) is 5.75 Å². The fourth-order valence-corrected chi connectivity index (χ4v) is 5.44. The van der Waals surface area contributed by atoms with Gasteiger partial charge in [-0.15, -0.1) is 0 Å². The number of carbonyl (C=O) groups is 1. The summed E-state index contributed by atoms with van der Waals surface area (Å²) >= 11 is 0. The summed E-state index contributed by atoms with van der Waals surface area (Å²) in [6.07, 6.45) is 0.282. The number of aromatic hydroxyl groups is 1. The molecule has 4 rings (SSSR count). The van der Waals surface area contributed by atoms with Crippen LogP contribution in [0.1, 0.15) is 37.5 Å². The molecule has 0 saturated carbocycles. The minimum atomic E-state index is -3.93. The molecule has 0 fully saturated rings. The third-order valence-electron chi connectivity index (χ3n) is 5.74. The molecule has 0 aromatic heterocycles. The Morgan fingerprint density at radius 2 is 1.69 bits per heavy atom. The molecule has 184 valence electrons. The highest BCUT2D eigenvalue weighted by Crippen LogP contribution is 2.31. The number of phenolic OH excluding ortho intramolecular Hbond substituents is 1. The zero-order valence-corrected chi connectivity index (χ0v) is 21.0. The van der Waals surface area contributed by atoms with E-state index in [1.807, 2.05) is 69.3 Å². The molecule has 0 saturated heterocycles. The van der Waals surface area contributed by atoms with Crippen LogP contribution in [0, 0.1) is 0 Å². The lowest BCUT2D eigenvalue weighted by atomic mass is 9.99. The molecule has 0 atom stereocenters. The van der Waals surface area contributed by atoms with E-state index in [1.54, 1.807) is 4.90 Å². The Morgan fingerprint density at radius 3 is 2.34 bits per heavy atom. The Hall–Kier alpha value is -3.52. The van der Waals surface area contributed by atoms with E-state index in [9.17, 15) is 18.3 Å². The monoisotopic (exact) mass is 494 g/mol. The van der Waals surface area contributed by atoms with Gasteiger partial charge in [-0.3, -0.25) is 4.31 Å². The summed E-state index contributed by atoms with van der Waals surface area (Å²) in [4.78, 5) is 14.4. The van der Waals surface area contributed by atoms with E-state index in [2.05, 4.69) is 0 Å². The molecule has 1 N–H and O–H groups in total. The molecular weight excluding hydrogens is 464 g/mol. The second-order valence-electron chi connectivity index (χ2n) is 9.60. The number of hydrogen-bond donors (Lipinski definition) is 1. The normalized spacial score (nSPS) is 13.7. The number of rotatable bonds is 5. The summed E-state index contributed by atoms with van der Waals surface area (Å²) < 4.78 is 34.3. The van der Waals surface area contributed by atoms with Gasteiger partial charge in [-0.25, -0.2) is 13.2 Å². The van der Waals surface area contributed by atoms with Gasteiger partial charge in [0.15, 0.2) is 0 Å². The summed E-state index contributed by atoms with van der Waals surface area (Å²) in [7, 11) is -3.93. The lowest BCUT2D eigenvalue weighted by molar-refractivity contribution is 0.0224. The Balaban J connectivity index is 1.70. The van der Waals surface area contributed by atoms with E-state index in [1.165, 1.54) is 28.6 Å². The number of anilines is 1. The molecule has 3 aromatic carbocycles. The number of sulfonamides is 1. The predicted molar refractivity (Wildman–Crippen MR) is 135 cm³/mol. The minimum Gasteiger partial charge on any atom is -0.508 e. The smallest absolute Gasteiger partial charge is 0.410 e. The number of ether oxygens (including phenoxy) is 1. The number of carbonyl (C=O) groups excluding carboxylic acids is 1. The van der Waals surface area contributed by atoms with E-state index in [-0.39, 0.29) is 23.3 Å². The molecule has 7 nitrogen and oxygen atoms in total. The molecule has 0 aliphatic carbocycles. The topological polar surface area (TPSA) is 87.2 Å². The predicted octanol–water partition coefficient (Wildman–Crippen LogP) is 5.08. The number of nitrogens with zero attached hydrogens (tertiary/aromatic N) is 2. The fourth-order valence-electron chi connectivity index (χ4n) is 3.99. The summed E-state index contributed by atoms with van der Waals surface area (Å²) in [5, 5.41) is 9.64. The van der Waals surface area contributed by atoms with Crippen molar-refractivity contribution in [3.05, 3.63) is 89.5 Å². The van der Waals surface area contributed by atoms with Gasteiger partial charge in [-0.1, -0.05) is 36.4 Å². The second-order valence-corrected chi connectivity index (χ2v) is 11.5. The van der Waals surface area contributed by atoms with E-state index in [0.717, 1.165) is 16.7 Å². The molecule has 1 aliphatic heterocycles. The lowest BCUT2D eigenvalue weighted by Gasteiger charge is -2.32. The minimum absolute atomic E-state index is 0.00502. The summed E-state index contributed by atoms with van der Waals surface area (Å²) in [6, 6.07) is 20.5. The van der Waals surface area contributed by atoms with Gasteiger partial charge in [0.1, 0.15) is 11.4 Å². The van der Waals surface area contributed by atoms with Gasteiger partial charge in [-0.2, -0.15) is 0 Å². The quantitative estimate of drug-likeness (QED) is 0.534. The van der Waals surface area contributed by atoms with Crippen LogP contribution < -0.4 is 4.31 Å². The zero-order chi connectivity index (χ0) is 25.2. The third kappa shape index (κ3) is 5.77. The zero-order valence-electron chi connectivity index (χ0n) is 20.1. The van der Waals surface area contributed by atoms with Crippen LogP contribution in [0.3, 0.4) is 0 Å². The van der Waals surface area contributed by atoms with Crippen LogP contribution in [0.15, 0.2) is 77.7 Å². The molecule has 8 heteroatoms.